The molecule has 0 saturated carbocycles. The quantitative estimate of drug-likeness (QED) is 0.639. The van der Waals surface area contributed by atoms with Crippen molar-refractivity contribution in [2.75, 3.05) is 19.6 Å². The number of hydrogen-bond acceptors (Lipinski definition) is 2. The van der Waals surface area contributed by atoms with Crippen molar-refractivity contribution in [3.8, 4) is 0 Å². The van der Waals surface area contributed by atoms with Crippen molar-refractivity contribution in [1.29, 1.82) is 0 Å². The molecule has 0 radical (unpaired) electrons. The van der Waals surface area contributed by atoms with Crippen molar-refractivity contribution in [3.05, 3.63) is 0 Å². The van der Waals surface area contributed by atoms with Gasteiger partial charge in [0.25, 0.3) is 0 Å². The van der Waals surface area contributed by atoms with Gasteiger partial charge in [0, 0.05) is 19.0 Å². The maximum Gasteiger partial charge on any atom is 0.134 e. The molecule has 0 N–H and O–H groups in total. The number of nitrogens with zero attached hydrogens (tertiary/aromatic N) is 1. The molecule has 1 rings (SSSR count). The first-order chi connectivity index (χ1) is 5.59. The SMILES string of the molecule is CC(=O)[C@H]1CCN(CC(C)C)C1. The molecule has 0 unspecified atom stereocenters. The van der Waals surface area contributed by atoms with E-state index >= 15 is 0 Å². The summed E-state index contributed by atoms with van der Waals surface area (Å²) in [7, 11) is 0. The third-order valence-electron chi connectivity index (χ3n) is 2.47. The molecule has 0 aromatic carbocycles. The van der Waals surface area contributed by atoms with Gasteiger partial charge in [-0.25, -0.2) is 0 Å². The van der Waals surface area contributed by atoms with Crippen molar-refractivity contribution in [2.24, 2.45) is 11.8 Å². The predicted molar refractivity (Wildman–Crippen MR) is 50.1 cm³/mol. The molecule has 1 atom stereocenters. The lowest BCUT2D eigenvalue weighted by Gasteiger charge is -2.17. The van der Waals surface area contributed by atoms with Gasteiger partial charge in [-0.3, -0.25) is 4.79 Å². The van der Waals surface area contributed by atoms with Crippen molar-refractivity contribution in [2.45, 2.75) is 27.2 Å². The summed E-state index contributed by atoms with van der Waals surface area (Å²) < 4.78 is 0. The van der Waals surface area contributed by atoms with Gasteiger partial charge in [0.15, 0.2) is 0 Å². The van der Waals surface area contributed by atoms with Crippen LogP contribution in [0.15, 0.2) is 0 Å². The van der Waals surface area contributed by atoms with E-state index in [2.05, 4.69) is 18.7 Å². The number of carbonyl (C=O) groups excluding carboxylic acids is 1. The average molecular weight is 169 g/mol. The number of likely N-dealkylation sites (tertiary alicyclic amines) is 1. The van der Waals surface area contributed by atoms with Crippen LogP contribution in [0.1, 0.15) is 27.2 Å². The molecule has 0 bridgehead atoms. The van der Waals surface area contributed by atoms with E-state index in [4.69, 9.17) is 0 Å². The lowest BCUT2D eigenvalue weighted by Crippen LogP contribution is -2.26. The van der Waals surface area contributed by atoms with E-state index in [0.717, 1.165) is 32.0 Å². The standard InChI is InChI=1S/C10H19NO/c1-8(2)6-11-5-4-10(7-11)9(3)12/h8,10H,4-7H2,1-3H3/t10-/m0/s1. The van der Waals surface area contributed by atoms with E-state index in [-0.39, 0.29) is 0 Å². The zero-order chi connectivity index (χ0) is 9.14. The molecule has 0 amide bonds. The number of carbonyl (C=O) groups is 1. The van der Waals surface area contributed by atoms with Crippen LogP contribution in [0.4, 0.5) is 0 Å². The van der Waals surface area contributed by atoms with Crippen molar-refractivity contribution < 1.29 is 4.79 Å². The van der Waals surface area contributed by atoms with Crippen LogP contribution in [-0.4, -0.2) is 30.3 Å². The zero-order valence-corrected chi connectivity index (χ0v) is 8.34. The van der Waals surface area contributed by atoms with E-state index in [1.807, 2.05) is 0 Å². The topological polar surface area (TPSA) is 20.3 Å². The minimum atomic E-state index is 0.323. The summed E-state index contributed by atoms with van der Waals surface area (Å²) in [6.45, 7) is 9.41. The van der Waals surface area contributed by atoms with Gasteiger partial charge in [-0.05, 0) is 25.8 Å². The smallest absolute Gasteiger partial charge is 0.134 e. The largest absolute Gasteiger partial charge is 0.302 e. The molecule has 0 aromatic heterocycles. The maximum absolute atomic E-state index is 11.1. The number of rotatable bonds is 3. The fourth-order valence-corrected chi connectivity index (χ4v) is 1.85. The second kappa shape index (κ2) is 4.04. The second-order valence-corrected chi connectivity index (χ2v) is 4.25. The highest BCUT2D eigenvalue weighted by molar-refractivity contribution is 5.78. The van der Waals surface area contributed by atoms with Crippen LogP contribution in [0.3, 0.4) is 0 Å². The van der Waals surface area contributed by atoms with Crippen LogP contribution in [0.5, 0.6) is 0 Å². The molecule has 1 aliphatic heterocycles. The molecule has 2 nitrogen and oxygen atoms in total. The summed E-state index contributed by atoms with van der Waals surface area (Å²) in [5.41, 5.74) is 0. The van der Waals surface area contributed by atoms with Crippen LogP contribution >= 0.6 is 0 Å². The third kappa shape index (κ3) is 2.59. The number of hydrogen-bond donors (Lipinski definition) is 0. The molecular formula is C10H19NO. The Morgan fingerprint density at radius 3 is 2.67 bits per heavy atom. The lowest BCUT2D eigenvalue weighted by atomic mass is 10.1. The van der Waals surface area contributed by atoms with Crippen LogP contribution in [-0.2, 0) is 4.79 Å². The van der Waals surface area contributed by atoms with Gasteiger partial charge in [0.1, 0.15) is 5.78 Å². The highest BCUT2D eigenvalue weighted by Crippen LogP contribution is 2.17. The highest BCUT2D eigenvalue weighted by Gasteiger charge is 2.25. The average Bonchev–Trinajstić information content (AvgIpc) is 2.34. The first kappa shape index (κ1) is 9.72. The molecule has 1 heterocycles. The first-order valence-electron chi connectivity index (χ1n) is 4.82. The second-order valence-electron chi connectivity index (χ2n) is 4.25. The molecule has 2 heteroatoms. The fourth-order valence-electron chi connectivity index (χ4n) is 1.85. The Balaban J connectivity index is 2.30. The summed E-state index contributed by atoms with van der Waals surface area (Å²) in [6, 6.07) is 0. The highest BCUT2D eigenvalue weighted by atomic mass is 16.1. The van der Waals surface area contributed by atoms with Crippen LogP contribution in [0.2, 0.25) is 0 Å². The Hall–Kier alpha value is -0.370. The Kier molecular flexibility index (Phi) is 3.27. The molecular weight excluding hydrogens is 150 g/mol. The van der Waals surface area contributed by atoms with Crippen molar-refractivity contribution in [1.82, 2.24) is 4.90 Å². The van der Waals surface area contributed by atoms with Gasteiger partial charge in [-0.15, -0.1) is 0 Å². The fraction of sp³-hybridized carbons (Fsp3) is 0.900. The summed E-state index contributed by atoms with van der Waals surface area (Å²) in [5, 5.41) is 0. The minimum Gasteiger partial charge on any atom is -0.302 e. The van der Waals surface area contributed by atoms with Crippen LogP contribution in [0, 0.1) is 11.8 Å². The van der Waals surface area contributed by atoms with Gasteiger partial charge in [-0.2, -0.15) is 0 Å². The van der Waals surface area contributed by atoms with Crippen LogP contribution in [0.25, 0.3) is 0 Å². The number of Topliss-reactive ketones (excluding diaryl/α,β-unsaturated/α-hetero) is 1. The summed E-state index contributed by atoms with van der Waals surface area (Å²) in [6.07, 6.45) is 1.07. The van der Waals surface area contributed by atoms with E-state index in [1.54, 1.807) is 6.92 Å². The van der Waals surface area contributed by atoms with Crippen molar-refractivity contribution >= 4 is 5.78 Å². The Labute approximate surface area is 74.9 Å². The summed E-state index contributed by atoms with van der Waals surface area (Å²) in [4.78, 5) is 13.5. The van der Waals surface area contributed by atoms with Crippen LogP contribution < -0.4 is 0 Å². The molecule has 0 spiro atoms. The van der Waals surface area contributed by atoms with Crippen molar-refractivity contribution in [3.63, 3.8) is 0 Å². The van der Waals surface area contributed by atoms with Gasteiger partial charge < -0.3 is 4.90 Å². The predicted octanol–water partition coefficient (Wildman–Crippen LogP) is 1.55. The number of ketones is 1. The minimum absolute atomic E-state index is 0.323. The lowest BCUT2D eigenvalue weighted by molar-refractivity contribution is -0.120. The van der Waals surface area contributed by atoms with E-state index in [0.29, 0.717) is 11.7 Å². The zero-order valence-electron chi connectivity index (χ0n) is 8.34. The molecule has 1 fully saturated rings. The van der Waals surface area contributed by atoms with Gasteiger partial charge in [0.05, 0.1) is 0 Å². The molecule has 0 aromatic rings. The molecule has 0 aliphatic carbocycles. The van der Waals surface area contributed by atoms with Gasteiger partial charge in [-0.1, -0.05) is 13.8 Å². The Bertz CT molecular complexity index is 165. The monoisotopic (exact) mass is 169 g/mol. The first-order valence-corrected chi connectivity index (χ1v) is 4.82. The van der Waals surface area contributed by atoms with E-state index in [1.165, 1.54) is 0 Å². The third-order valence-corrected chi connectivity index (χ3v) is 2.47. The Morgan fingerprint density at radius 2 is 2.25 bits per heavy atom. The Morgan fingerprint density at radius 1 is 1.58 bits per heavy atom. The van der Waals surface area contributed by atoms with Gasteiger partial charge >= 0.3 is 0 Å². The summed E-state index contributed by atoms with van der Waals surface area (Å²) in [5.74, 6) is 1.40. The van der Waals surface area contributed by atoms with Gasteiger partial charge in [0.2, 0.25) is 0 Å². The molecule has 1 saturated heterocycles. The molecule has 12 heavy (non-hydrogen) atoms. The normalized spacial score (nSPS) is 25.2. The van der Waals surface area contributed by atoms with E-state index < -0.39 is 0 Å². The van der Waals surface area contributed by atoms with E-state index in [9.17, 15) is 4.79 Å². The molecule has 1 aliphatic rings. The maximum atomic E-state index is 11.1. The summed E-state index contributed by atoms with van der Waals surface area (Å²) >= 11 is 0. The molecule has 70 valence electrons.